The Bertz CT molecular complexity index is 1120. The molecule has 0 aliphatic carbocycles. The molecule has 1 heterocycles. The topological polar surface area (TPSA) is 90.0 Å². The zero-order valence-electron chi connectivity index (χ0n) is 18.4. The van der Waals surface area contributed by atoms with E-state index >= 15 is 0 Å². The van der Waals surface area contributed by atoms with Gasteiger partial charge in [0, 0.05) is 18.7 Å². The number of halogens is 3. The summed E-state index contributed by atoms with van der Waals surface area (Å²) in [4.78, 5) is 24.2. The number of nitrogens with zero attached hydrogens (tertiary/aromatic N) is 1. The van der Waals surface area contributed by atoms with Crippen molar-refractivity contribution in [3.8, 4) is 5.75 Å². The fraction of sp³-hybridized carbons (Fsp3) is 0.391. The van der Waals surface area contributed by atoms with Crippen molar-refractivity contribution < 1.29 is 40.7 Å². The lowest BCUT2D eigenvalue weighted by Crippen LogP contribution is -2.40. The van der Waals surface area contributed by atoms with Crippen LogP contribution in [-0.4, -0.2) is 50.8 Å². The maximum atomic E-state index is 12.9. The van der Waals surface area contributed by atoms with Gasteiger partial charge in [0.05, 0.1) is 23.0 Å². The van der Waals surface area contributed by atoms with Crippen LogP contribution in [-0.2, 0) is 25.7 Å². The third-order valence-corrected chi connectivity index (χ3v) is 7.31. The summed E-state index contributed by atoms with van der Waals surface area (Å²) in [7, 11) is -4.15. The lowest BCUT2D eigenvalue weighted by atomic mass is 9.98. The SMILES string of the molecule is CCOc1ccc(C(=O)COC(=O)C2CCN(S(=O)(=O)c3cccc(C(F)(F)F)c3)CC2)cc1. The third-order valence-electron chi connectivity index (χ3n) is 5.42. The van der Waals surface area contributed by atoms with Gasteiger partial charge in [0.15, 0.2) is 12.4 Å². The van der Waals surface area contributed by atoms with Crippen LogP contribution in [0.3, 0.4) is 0 Å². The lowest BCUT2D eigenvalue weighted by molar-refractivity contribution is -0.148. The summed E-state index contributed by atoms with van der Waals surface area (Å²) in [6.07, 6.45) is -4.40. The summed E-state index contributed by atoms with van der Waals surface area (Å²) in [6, 6.07) is 9.96. The minimum absolute atomic E-state index is 0.0504. The van der Waals surface area contributed by atoms with Crippen molar-refractivity contribution in [3.05, 3.63) is 59.7 Å². The van der Waals surface area contributed by atoms with Gasteiger partial charge in [0.2, 0.25) is 10.0 Å². The van der Waals surface area contributed by atoms with Crippen LogP contribution in [0.25, 0.3) is 0 Å². The van der Waals surface area contributed by atoms with Crippen LogP contribution >= 0.6 is 0 Å². The molecule has 0 bridgehead atoms. The van der Waals surface area contributed by atoms with E-state index in [9.17, 15) is 31.2 Å². The van der Waals surface area contributed by atoms with Crippen LogP contribution in [0.15, 0.2) is 53.4 Å². The quantitative estimate of drug-likeness (QED) is 0.404. The van der Waals surface area contributed by atoms with E-state index in [4.69, 9.17) is 9.47 Å². The number of Topliss-reactive ketones (excluding diaryl/α,β-unsaturated/α-hetero) is 1. The van der Waals surface area contributed by atoms with Gasteiger partial charge < -0.3 is 9.47 Å². The molecular weight excluding hydrogens is 475 g/mol. The highest BCUT2D eigenvalue weighted by atomic mass is 32.2. The predicted octanol–water partition coefficient (Wildman–Crippen LogP) is 3.93. The first-order chi connectivity index (χ1) is 16.0. The van der Waals surface area contributed by atoms with E-state index in [-0.39, 0.29) is 31.7 Å². The number of ether oxygens (including phenoxy) is 2. The van der Waals surface area contributed by atoms with Crippen LogP contribution in [0.2, 0.25) is 0 Å². The van der Waals surface area contributed by atoms with Gasteiger partial charge in [0.25, 0.3) is 0 Å². The van der Waals surface area contributed by atoms with Crippen LogP contribution in [0.1, 0.15) is 35.7 Å². The van der Waals surface area contributed by atoms with Crippen molar-refractivity contribution in [2.24, 2.45) is 5.92 Å². The normalized spacial score (nSPS) is 15.6. The number of alkyl halides is 3. The second kappa shape index (κ2) is 10.6. The monoisotopic (exact) mass is 499 g/mol. The van der Waals surface area contributed by atoms with E-state index in [0.717, 1.165) is 22.5 Å². The Morgan fingerprint density at radius 1 is 1.06 bits per heavy atom. The summed E-state index contributed by atoms with van der Waals surface area (Å²) >= 11 is 0. The van der Waals surface area contributed by atoms with Gasteiger partial charge in [-0.05, 0) is 62.2 Å². The molecule has 0 amide bonds. The Hall–Kier alpha value is -2.92. The number of ketones is 1. The molecule has 1 aliphatic heterocycles. The molecular formula is C23H24F3NO6S. The van der Waals surface area contributed by atoms with Crippen molar-refractivity contribution in [1.29, 1.82) is 0 Å². The average Bonchev–Trinajstić information content (AvgIpc) is 2.82. The van der Waals surface area contributed by atoms with Gasteiger partial charge in [0.1, 0.15) is 5.75 Å². The number of sulfonamides is 1. The third kappa shape index (κ3) is 6.15. The highest BCUT2D eigenvalue weighted by molar-refractivity contribution is 7.89. The second-order valence-corrected chi connectivity index (χ2v) is 9.63. The Morgan fingerprint density at radius 2 is 1.71 bits per heavy atom. The average molecular weight is 500 g/mol. The first-order valence-electron chi connectivity index (χ1n) is 10.6. The molecule has 2 aromatic rings. The number of piperidine rings is 1. The molecule has 0 unspecified atom stereocenters. The molecule has 3 rings (SSSR count). The molecule has 0 N–H and O–H groups in total. The molecule has 0 atom stereocenters. The minimum Gasteiger partial charge on any atom is -0.494 e. The Kier molecular flexibility index (Phi) is 7.98. The molecule has 1 saturated heterocycles. The zero-order valence-corrected chi connectivity index (χ0v) is 19.2. The Labute approximate surface area is 195 Å². The molecule has 184 valence electrons. The van der Waals surface area contributed by atoms with Crippen LogP contribution in [0.5, 0.6) is 5.75 Å². The van der Waals surface area contributed by atoms with Gasteiger partial charge in [-0.2, -0.15) is 17.5 Å². The van der Waals surface area contributed by atoms with E-state index in [0.29, 0.717) is 24.0 Å². The molecule has 1 aliphatic rings. The summed E-state index contributed by atoms with van der Waals surface area (Å²) in [5, 5.41) is 0. The van der Waals surface area contributed by atoms with Crippen LogP contribution in [0, 0.1) is 5.92 Å². The van der Waals surface area contributed by atoms with Crippen molar-refractivity contribution >= 4 is 21.8 Å². The van der Waals surface area contributed by atoms with Gasteiger partial charge in [-0.3, -0.25) is 9.59 Å². The summed E-state index contributed by atoms with van der Waals surface area (Å²) < 4.78 is 75.8. The number of esters is 1. The maximum absolute atomic E-state index is 12.9. The molecule has 0 saturated carbocycles. The number of rotatable bonds is 8. The van der Waals surface area contributed by atoms with Crippen molar-refractivity contribution in [2.45, 2.75) is 30.8 Å². The molecule has 1 fully saturated rings. The van der Waals surface area contributed by atoms with Gasteiger partial charge in [-0.15, -0.1) is 0 Å². The minimum atomic E-state index is -4.66. The van der Waals surface area contributed by atoms with E-state index in [1.54, 1.807) is 24.3 Å². The molecule has 2 aromatic carbocycles. The van der Waals surface area contributed by atoms with E-state index in [2.05, 4.69) is 0 Å². The lowest BCUT2D eigenvalue weighted by Gasteiger charge is -2.30. The summed E-state index contributed by atoms with van der Waals surface area (Å²) in [5.74, 6) is -1.000. The molecule has 0 spiro atoms. The molecule has 11 heteroatoms. The first kappa shape index (κ1) is 25.7. The summed E-state index contributed by atoms with van der Waals surface area (Å²) in [5.41, 5.74) is -0.692. The number of carbonyl (C=O) groups is 2. The standard InChI is InChI=1S/C23H24F3NO6S/c1-2-32-19-8-6-16(7-9-19)21(28)15-33-22(29)17-10-12-27(13-11-17)34(30,31)20-5-3-4-18(14-20)23(24,25)26/h3-9,14,17H,2,10-13,15H2,1H3. The Morgan fingerprint density at radius 3 is 2.29 bits per heavy atom. The highest BCUT2D eigenvalue weighted by Gasteiger charge is 2.35. The largest absolute Gasteiger partial charge is 0.494 e. The number of carbonyl (C=O) groups excluding carboxylic acids is 2. The molecule has 34 heavy (non-hydrogen) atoms. The molecule has 0 radical (unpaired) electrons. The van der Waals surface area contributed by atoms with Crippen LogP contribution < -0.4 is 4.74 Å². The van der Waals surface area contributed by atoms with Crippen molar-refractivity contribution in [1.82, 2.24) is 4.31 Å². The first-order valence-corrected chi connectivity index (χ1v) is 12.1. The fourth-order valence-corrected chi connectivity index (χ4v) is 5.07. The Balaban J connectivity index is 1.54. The van der Waals surface area contributed by atoms with E-state index in [1.165, 1.54) is 0 Å². The molecule has 0 aromatic heterocycles. The number of benzene rings is 2. The van der Waals surface area contributed by atoms with Crippen molar-refractivity contribution in [3.63, 3.8) is 0 Å². The number of hydrogen-bond donors (Lipinski definition) is 0. The smallest absolute Gasteiger partial charge is 0.416 e. The van der Waals surface area contributed by atoms with Crippen LogP contribution in [0.4, 0.5) is 13.2 Å². The van der Waals surface area contributed by atoms with Gasteiger partial charge >= 0.3 is 12.1 Å². The highest BCUT2D eigenvalue weighted by Crippen LogP contribution is 2.32. The van der Waals surface area contributed by atoms with E-state index < -0.39 is 45.2 Å². The maximum Gasteiger partial charge on any atom is 0.416 e. The van der Waals surface area contributed by atoms with E-state index in [1.807, 2.05) is 6.92 Å². The van der Waals surface area contributed by atoms with Crippen molar-refractivity contribution in [2.75, 3.05) is 26.3 Å². The second-order valence-electron chi connectivity index (χ2n) is 7.69. The predicted molar refractivity (Wildman–Crippen MR) is 116 cm³/mol. The molecule has 7 nitrogen and oxygen atoms in total. The zero-order chi connectivity index (χ0) is 24.9. The fourth-order valence-electron chi connectivity index (χ4n) is 3.56. The number of hydrogen-bond acceptors (Lipinski definition) is 6. The van der Waals surface area contributed by atoms with Gasteiger partial charge in [-0.1, -0.05) is 6.07 Å². The van der Waals surface area contributed by atoms with Gasteiger partial charge in [-0.25, -0.2) is 8.42 Å². The summed E-state index contributed by atoms with van der Waals surface area (Å²) in [6.45, 7) is 1.78.